The van der Waals surface area contributed by atoms with Gasteiger partial charge in [-0.2, -0.15) is 0 Å². The van der Waals surface area contributed by atoms with E-state index in [1.807, 2.05) is 12.2 Å². The number of hydrogen-bond donors (Lipinski definition) is 3. The number of aliphatic hydroxyl groups excluding tert-OH is 1. The number of allylic oxidation sites excluding steroid dienone is 12. The number of aliphatic hydroxyl groups is 1. The van der Waals surface area contributed by atoms with Gasteiger partial charge in [0.2, 0.25) is 0 Å². The standard InChI is InChI=1S/C81H146O17P2/c1-5-9-13-17-21-25-29-33-36-37-40-42-46-50-54-58-62-66-79(84)92-72-77(98-81(86)68-64-60-56-52-48-44-39-35-31-27-23-19-15-11-7-3)74-96-100(89,90)94-70-75(82)69-93-99(87,88)95-73-76(71-91-78(83)65-61-57-53-49-45-41-32-28-24-20-16-12-8-4)97-80(85)67-63-59-55-51-47-43-38-34-30-26-22-18-14-10-6-2/h21,25,27,31,33-34,36,38,40,42,50,54,75-77,82H,5-20,22-24,26,28-30,32,35,37,39,41,43-49,51-53,55-74H2,1-4H3,(H,87,88)(H,89,90)/b25-21-,31-27-,36-33-,38-34-,42-40-,54-50-/t75-,76+,77+/m0/s1. The highest BCUT2D eigenvalue weighted by atomic mass is 31.2. The summed E-state index contributed by atoms with van der Waals surface area (Å²) in [6.45, 7) is 4.81. The van der Waals surface area contributed by atoms with Crippen molar-refractivity contribution in [2.45, 2.75) is 380 Å². The van der Waals surface area contributed by atoms with E-state index in [1.54, 1.807) is 0 Å². The molecule has 100 heavy (non-hydrogen) atoms. The zero-order chi connectivity index (χ0) is 73.2. The van der Waals surface area contributed by atoms with Crippen LogP contribution < -0.4 is 0 Å². The molecule has 0 aromatic heterocycles. The number of rotatable bonds is 76. The Labute approximate surface area is 609 Å². The van der Waals surface area contributed by atoms with Gasteiger partial charge < -0.3 is 33.8 Å². The molecule has 0 aliphatic heterocycles. The summed E-state index contributed by atoms with van der Waals surface area (Å²) in [6, 6.07) is 0. The molecule has 0 aromatic rings. The van der Waals surface area contributed by atoms with Crippen molar-refractivity contribution in [3.05, 3.63) is 72.9 Å². The molecule has 0 saturated carbocycles. The molecule has 0 fully saturated rings. The summed E-state index contributed by atoms with van der Waals surface area (Å²) in [7, 11) is -9.96. The van der Waals surface area contributed by atoms with Crippen LogP contribution in [0.3, 0.4) is 0 Å². The van der Waals surface area contributed by atoms with Crippen molar-refractivity contribution < 1.29 is 80.2 Å². The van der Waals surface area contributed by atoms with Crippen LogP contribution in [0.25, 0.3) is 0 Å². The highest BCUT2D eigenvalue weighted by Gasteiger charge is 2.30. The second-order valence-electron chi connectivity index (χ2n) is 27.0. The van der Waals surface area contributed by atoms with Crippen LogP contribution >= 0.6 is 15.6 Å². The Kier molecular flexibility index (Phi) is 71.2. The molecule has 0 aromatic carbocycles. The number of carbonyl (C=O) groups is 4. The fraction of sp³-hybridized carbons (Fsp3) is 0.802. The molecule has 0 bridgehead atoms. The molecule has 2 unspecified atom stereocenters. The van der Waals surface area contributed by atoms with Crippen molar-refractivity contribution in [2.24, 2.45) is 0 Å². The van der Waals surface area contributed by atoms with Gasteiger partial charge in [-0.05, 0) is 116 Å². The normalized spacial score (nSPS) is 14.3. The molecule has 0 heterocycles. The maximum absolute atomic E-state index is 13.1. The van der Waals surface area contributed by atoms with Crippen LogP contribution in [0.4, 0.5) is 0 Å². The Morgan fingerprint density at radius 1 is 0.280 bits per heavy atom. The second-order valence-corrected chi connectivity index (χ2v) is 29.9. The van der Waals surface area contributed by atoms with Gasteiger partial charge in [0.15, 0.2) is 12.2 Å². The Morgan fingerprint density at radius 2 is 0.500 bits per heavy atom. The third-order valence-corrected chi connectivity index (χ3v) is 19.0. The lowest BCUT2D eigenvalue weighted by Crippen LogP contribution is -2.30. The Hall–Kier alpha value is -3.50. The van der Waals surface area contributed by atoms with Crippen LogP contribution in [0.15, 0.2) is 72.9 Å². The van der Waals surface area contributed by atoms with E-state index < -0.39 is 97.5 Å². The highest BCUT2D eigenvalue weighted by Crippen LogP contribution is 2.45. The number of esters is 4. The molecule has 0 radical (unpaired) electrons. The molecule has 0 aliphatic carbocycles. The summed E-state index contributed by atoms with van der Waals surface area (Å²) in [5.74, 6) is -2.23. The molecular formula is C81H146O17P2. The van der Waals surface area contributed by atoms with Gasteiger partial charge in [0.25, 0.3) is 0 Å². The number of hydrogen-bond acceptors (Lipinski definition) is 15. The molecule has 19 heteroatoms. The van der Waals surface area contributed by atoms with Gasteiger partial charge in [0.1, 0.15) is 19.3 Å². The Balaban J connectivity index is 5.38. The van der Waals surface area contributed by atoms with Crippen LogP contribution in [0.2, 0.25) is 0 Å². The molecule has 3 N–H and O–H groups in total. The third-order valence-electron chi connectivity index (χ3n) is 17.1. The summed E-state index contributed by atoms with van der Waals surface area (Å²) >= 11 is 0. The first-order valence-corrected chi connectivity index (χ1v) is 43.2. The number of carbonyl (C=O) groups excluding carboxylic acids is 4. The lowest BCUT2D eigenvalue weighted by atomic mass is 10.0. The summed E-state index contributed by atoms with van der Waals surface area (Å²) in [5, 5.41) is 10.6. The SMILES string of the molecule is CCCCC/C=C\C/C=C\C/C=C\C/C=C\CCCC(=O)OC[C@H](COP(=O)(O)OC[C@@H](O)COP(=O)(O)OC[C@@H](COC(=O)CCCCCCCCCCCCCCC)OC(=O)CCCCCCC/C=C\CCCCCCCC)OC(=O)CCCCCCCCC/C=C\CCCCCC. The minimum atomic E-state index is -4.98. The molecule has 0 spiro atoms. The third kappa shape index (κ3) is 72.8. The van der Waals surface area contributed by atoms with Crippen molar-refractivity contribution in [1.29, 1.82) is 0 Å². The molecule has 0 saturated heterocycles. The minimum Gasteiger partial charge on any atom is -0.462 e. The maximum atomic E-state index is 13.1. The molecular weight excluding hydrogens is 1310 g/mol. The molecule has 5 atom stereocenters. The van der Waals surface area contributed by atoms with Crippen LogP contribution in [0.1, 0.15) is 362 Å². The van der Waals surface area contributed by atoms with Gasteiger partial charge in [0, 0.05) is 25.7 Å². The van der Waals surface area contributed by atoms with E-state index in [0.717, 1.165) is 135 Å². The van der Waals surface area contributed by atoms with Crippen molar-refractivity contribution in [1.82, 2.24) is 0 Å². The van der Waals surface area contributed by atoms with E-state index in [2.05, 4.69) is 88.5 Å². The van der Waals surface area contributed by atoms with Gasteiger partial charge in [-0.3, -0.25) is 37.3 Å². The number of phosphoric acid groups is 2. The lowest BCUT2D eigenvalue weighted by Gasteiger charge is -2.21. The first kappa shape index (κ1) is 96.5. The van der Waals surface area contributed by atoms with Crippen LogP contribution in [0.5, 0.6) is 0 Å². The zero-order valence-corrected chi connectivity index (χ0v) is 65.4. The van der Waals surface area contributed by atoms with Crippen molar-refractivity contribution in [3.63, 3.8) is 0 Å². The number of unbranched alkanes of at least 4 members (excludes halogenated alkanes) is 38. The maximum Gasteiger partial charge on any atom is 0.472 e. The Bertz CT molecular complexity index is 2180. The molecule has 0 amide bonds. The summed E-state index contributed by atoms with van der Waals surface area (Å²) in [6.07, 6.45) is 74.5. The monoisotopic (exact) mass is 1450 g/mol. The van der Waals surface area contributed by atoms with Gasteiger partial charge in [-0.25, -0.2) is 9.13 Å². The fourth-order valence-electron chi connectivity index (χ4n) is 11.0. The first-order chi connectivity index (χ1) is 48.7. The van der Waals surface area contributed by atoms with E-state index in [-0.39, 0.29) is 25.7 Å². The smallest absolute Gasteiger partial charge is 0.462 e. The van der Waals surface area contributed by atoms with Gasteiger partial charge in [0.05, 0.1) is 26.4 Å². The predicted octanol–water partition coefficient (Wildman–Crippen LogP) is 23.2. The van der Waals surface area contributed by atoms with Crippen LogP contribution in [0, 0.1) is 0 Å². The second kappa shape index (κ2) is 73.8. The average molecular weight is 1450 g/mol. The predicted molar refractivity (Wildman–Crippen MR) is 409 cm³/mol. The minimum absolute atomic E-state index is 0.0808. The molecule has 0 aliphatic rings. The lowest BCUT2D eigenvalue weighted by molar-refractivity contribution is -0.161. The topological polar surface area (TPSA) is 237 Å². The molecule has 17 nitrogen and oxygen atoms in total. The summed E-state index contributed by atoms with van der Waals surface area (Å²) < 4.78 is 68.5. The van der Waals surface area contributed by atoms with Crippen molar-refractivity contribution in [2.75, 3.05) is 39.6 Å². The average Bonchev–Trinajstić information content (AvgIpc) is 0.945. The van der Waals surface area contributed by atoms with E-state index >= 15 is 0 Å². The fourth-order valence-corrected chi connectivity index (χ4v) is 12.5. The Morgan fingerprint density at radius 3 is 0.830 bits per heavy atom. The van der Waals surface area contributed by atoms with E-state index in [4.69, 9.17) is 37.0 Å². The van der Waals surface area contributed by atoms with E-state index in [0.29, 0.717) is 32.1 Å². The largest absolute Gasteiger partial charge is 0.472 e. The quantitative estimate of drug-likeness (QED) is 0.0169. The molecule has 582 valence electrons. The highest BCUT2D eigenvalue weighted by molar-refractivity contribution is 7.47. The van der Waals surface area contributed by atoms with Crippen LogP contribution in [-0.4, -0.2) is 96.7 Å². The van der Waals surface area contributed by atoms with Gasteiger partial charge >= 0.3 is 39.5 Å². The van der Waals surface area contributed by atoms with Gasteiger partial charge in [-0.1, -0.05) is 293 Å². The van der Waals surface area contributed by atoms with E-state index in [9.17, 15) is 43.2 Å². The van der Waals surface area contributed by atoms with Gasteiger partial charge in [-0.15, -0.1) is 0 Å². The number of phosphoric ester groups is 2. The first-order valence-electron chi connectivity index (χ1n) is 40.2. The number of ether oxygens (including phenoxy) is 4. The summed E-state index contributed by atoms with van der Waals surface area (Å²) in [5.41, 5.74) is 0. The van der Waals surface area contributed by atoms with Crippen molar-refractivity contribution in [3.8, 4) is 0 Å². The van der Waals surface area contributed by atoms with E-state index in [1.165, 1.54) is 141 Å². The van der Waals surface area contributed by atoms with Crippen LogP contribution in [-0.2, 0) is 65.4 Å². The van der Waals surface area contributed by atoms with Crippen molar-refractivity contribution >= 4 is 39.5 Å². The zero-order valence-electron chi connectivity index (χ0n) is 63.6. The molecule has 0 rings (SSSR count). The summed E-state index contributed by atoms with van der Waals surface area (Å²) in [4.78, 5) is 72.9.